The third kappa shape index (κ3) is 4.97. The number of nitrogens with two attached hydrogens (primary N) is 1. The van der Waals surface area contributed by atoms with Gasteiger partial charge in [-0.05, 0) is 44.9 Å². The summed E-state index contributed by atoms with van der Waals surface area (Å²) in [4.78, 5) is 27.1. The van der Waals surface area contributed by atoms with E-state index in [1.807, 2.05) is 0 Å². The molecule has 1 aromatic rings. The first-order valence-electron chi connectivity index (χ1n) is 6.31. The van der Waals surface area contributed by atoms with Crippen LogP contribution in [0.2, 0.25) is 0 Å². The molecular formula is C14H20N2O4. The molecule has 0 saturated carbocycles. The minimum Gasteiger partial charge on any atom is -0.481 e. The molecule has 0 bridgehead atoms. The van der Waals surface area contributed by atoms with Crippen molar-refractivity contribution in [2.45, 2.75) is 38.8 Å². The molecule has 1 aromatic heterocycles. The van der Waals surface area contributed by atoms with Crippen molar-refractivity contribution in [1.82, 2.24) is 4.98 Å². The fraction of sp³-hybridized carbons (Fsp3) is 0.500. The van der Waals surface area contributed by atoms with Gasteiger partial charge < -0.3 is 15.6 Å². The molecule has 0 aliphatic rings. The summed E-state index contributed by atoms with van der Waals surface area (Å²) in [5.41, 5.74) is 5.94. The quantitative estimate of drug-likeness (QED) is 0.616. The maximum absolute atomic E-state index is 11.9. The average Bonchev–Trinajstić information content (AvgIpc) is 2.26. The van der Waals surface area contributed by atoms with Crippen LogP contribution >= 0.6 is 0 Å². The molecule has 0 fully saturated rings. The fourth-order valence-corrected chi connectivity index (χ4v) is 1.73. The summed E-state index contributed by atoms with van der Waals surface area (Å²) in [6.07, 6.45) is 3.44. The van der Waals surface area contributed by atoms with Gasteiger partial charge in [-0.2, -0.15) is 0 Å². The minimum absolute atomic E-state index is 0.263. The Labute approximate surface area is 118 Å². The van der Waals surface area contributed by atoms with Gasteiger partial charge in [0.2, 0.25) is 0 Å². The van der Waals surface area contributed by atoms with E-state index in [1.54, 1.807) is 45.3 Å². The highest BCUT2D eigenvalue weighted by atomic mass is 16.6. The summed E-state index contributed by atoms with van der Waals surface area (Å²) in [7, 11) is 0. The first kappa shape index (κ1) is 16.1. The Bertz CT molecular complexity index is 468. The van der Waals surface area contributed by atoms with Crippen molar-refractivity contribution in [2.24, 2.45) is 11.7 Å². The molecule has 0 aliphatic heterocycles. The number of carbonyl (C=O) groups is 2. The smallest absolute Gasteiger partial charge is 0.322 e. The Hall–Kier alpha value is -1.95. The van der Waals surface area contributed by atoms with Crippen LogP contribution in [0.3, 0.4) is 0 Å². The predicted octanol–water partition coefficient (Wildman–Crippen LogP) is 0.994. The summed E-state index contributed by atoms with van der Waals surface area (Å²) in [6.45, 7) is 5.04. The average molecular weight is 280 g/mol. The number of carboxylic acids is 1. The second kappa shape index (κ2) is 6.47. The van der Waals surface area contributed by atoms with Gasteiger partial charge in [0.05, 0.1) is 0 Å². The lowest BCUT2D eigenvalue weighted by molar-refractivity contribution is -0.167. The zero-order valence-corrected chi connectivity index (χ0v) is 11.9. The fourth-order valence-electron chi connectivity index (χ4n) is 1.73. The van der Waals surface area contributed by atoms with Crippen LogP contribution in [0.4, 0.5) is 0 Å². The maximum atomic E-state index is 11.9. The molecule has 6 heteroatoms. The van der Waals surface area contributed by atoms with Crippen LogP contribution in [0.15, 0.2) is 24.5 Å². The van der Waals surface area contributed by atoms with Crippen molar-refractivity contribution in [3.05, 3.63) is 30.1 Å². The Morgan fingerprint density at radius 3 is 2.35 bits per heavy atom. The van der Waals surface area contributed by atoms with E-state index in [4.69, 9.17) is 10.5 Å². The lowest BCUT2D eigenvalue weighted by atomic mass is 9.94. The van der Waals surface area contributed by atoms with Crippen molar-refractivity contribution in [3.8, 4) is 0 Å². The van der Waals surface area contributed by atoms with E-state index in [0.29, 0.717) is 0 Å². The Kier molecular flexibility index (Phi) is 5.21. The molecule has 0 spiro atoms. The number of esters is 1. The number of nitrogens with zero attached hydrogens (tertiary/aromatic N) is 1. The van der Waals surface area contributed by atoms with E-state index in [0.717, 1.165) is 5.56 Å². The first-order chi connectivity index (χ1) is 9.20. The van der Waals surface area contributed by atoms with Crippen molar-refractivity contribution in [3.63, 3.8) is 0 Å². The molecule has 2 atom stereocenters. The van der Waals surface area contributed by atoms with E-state index in [9.17, 15) is 14.7 Å². The Morgan fingerprint density at radius 1 is 1.35 bits per heavy atom. The third-order valence-corrected chi connectivity index (χ3v) is 2.58. The molecule has 0 amide bonds. The van der Waals surface area contributed by atoms with Crippen LogP contribution in [0.25, 0.3) is 0 Å². The number of pyridine rings is 1. The van der Waals surface area contributed by atoms with E-state index in [2.05, 4.69) is 4.98 Å². The minimum atomic E-state index is -1.39. The van der Waals surface area contributed by atoms with Gasteiger partial charge in [-0.25, -0.2) is 0 Å². The monoisotopic (exact) mass is 280 g/mol. The second-order valence-corrected chi connectivity index (χ2v) is 5.57. The molecular weight excluding hydrogens is 260 g/mol. The number of rotatable bonds is 5. The summed E-state index contributed by atoms with van der Waals surface area (Å²) < 4.78 is 5.11. The van der Waals surface area contributed by atoms with E-state index in [-0.39, 0.29) is 6.42 Å². The molecule has 110 valence electrons. The van der Waals surface area contributed by atoms with Gasteiger partial charge in [0.1, 0.15) is 5.60 Å². The highest BCUT2D eigenvalue weighted by molar-refractivity contribution is 5.95. The number of carboxylic acid groups (broad SMARTS) is 1. The summed E-state index contributed by atoms with van der Waals surface area (Å²) in [5, 5.41) is 9.20. The van der Waals surface area contributed by atoms with Gasteiger partial charge in [-0.3, -0.25) is 14.6 Å². The Morgan fingerprint density at radius 2 is 1.90 bits per heavy atom. The Balaban J connectivity index is 2.80. The van der Waals surface area contributed by atoms with Crippen LogP contribution < -0.4 is 5.73 Å². The number of hydrogen-bond donors (Lipinski definition) is 2. The highest BCUT2D eigenvalue weighted by Gasteiger charge is 2.36. The lowest BCUT2D eigenvalue weighted by Crippen LogP contribution is -2.45. The maximum Gasteiger partial charge on any atom is 0.322 e. The zero-order chi connectivity index (χ0) is 15.3. The summed E-state index contributed by atoms with van der Waals surface area (Å²) >= 11 is 0. The van der Waals surface area contributed by atoms with Gasteiger partial charge in [0.25, 0.3) is 0 Å². The van der Waals surface area contributed by atoms with Crippen LogP contribution in [0.1, 0.15) is 26.3 Å². The van der Waals surface area contributed by atoms with E-state index in [1.165, 1.54) is 0 Å². The highest BCUT2D eigenvalue weighted by Crippen LogP contribution is 2.16. The van der Waals surface area contributed by atoms with E-state index >= 15 is 0 Å². The molecule has 6 nitrogen and oxygen atoms in total. The van der Waals surface area contributed by atoms with Gasteiger partial charge in [0, 0.05) is 18.4 Å². The van der Waals surface area contributed by atoms with Crippen LogP contribution in [-0.2, 0) is 20.7 Å². The van der Waals surface area contributed by atoms with Crippen molar-refractivity contribution < 1.29 is 19.4 Å². The molecule has 1 unspecified atom stereocenters. The predicted molar refractivity (Wildman–Crippen MR) is 72.9 cm³/mol. The molecule has 1 heterocycles. The standard InChI is InChI=1S/C14H20N2O4/c1-14(2,3)20-13(19)11(12(17)18)10(15)8-9-4-6-16-7-5-9/h4-7,10-11H,8,15H2,1-3H3,(H,17,18)/t10?,11-/m1/s1. The zero-order valence-electron chi connectivity index (χ0n) is 11.9. The molecule has 20 heavy (non-hydrogen) atoms. The van der Waals surface area contributed by atoms with Gasteiger partial charge in [-0.15, -0.1) is 0 Å². The van der Waals surface area contributed by atoms with Crippen LogP contribution in [0.5, 0.6) is 0 Å². The summed E-state index contributed by atoms with van der Waals surface area (Å²) in [6, 6.07) is 2.60. The topological polar surface area (TPSA) is 103 Å². The largest absolute Gasteiger partial charge is 0.481 e. The molecule has 0 aliphatic carbocycles. The molecule has 1 rings (SSSR count). The number of ether oxygens (including phenoxy) is 1. The second-order valence-electron chi connectivity index (χ2n) is 5.57. The number of hydrogen-bond acceptors (Lipinski definition) is 5. The summed E-state index contributed by atoms with van der Waals surface area (Å²) in [5.74, 6) is -3.48. The van der Waals surface area contributed by atoms with Gasteiger partial charge >= 0.3 is 11.9 Å². The number of aromatic nitrogens is 1. The normalized spacial score (nSPS) is 14.4. The molecule has 0 radical (unpaired) electrons. The SMILES string of the molecule is CC(C)(C)OC(=O)[C@@H](C(=O)O)C(N)Cc1ccncc1. The van der Waals surface area contributed by atoms with Crippen molar-refractivity contribution >= 4 is 11.9 Å². The van der Waals surface area contributed by atoms with E-state index < -0.39 is 29.5 Å². The van der Waals surface area contributed by atoms with Crippen LogP contribution in [0, 0.1) is 5.92 Å². The first-order valence-corrected chi connectivity index (χ1v) is 6.31. The van der Waals surface area contributed by atoms with Gasteiger partial charge in [0.15, 0.2) is 5.92 Å². The van der Waals surface area contributed by atoms with Crippen molar-refractivity contribution in [2.75, 3.05) is 0 Å². The lowest BCUT2D eigenvalue weighted by Gasteiger charge is -2.25. The third-order valence-electron chi connectivity index (χ3n) is 2.58. The van der Waals surface area contributed by atoms with Crippen LogP contribution in [-0.4, -0.2) is 33.7 Å². The van der Waals surface area contributed by atoms with Gasteiger partial charge in [-0.1, -0.05) is 0 Å². The molecule has 3 N–H and O–H groups in total. The molecule has 0 saturated heterocycles. The van der Waals surface area contributed by atoms with Crippen molar-refractivity contribution in [1.29, 1.82) is 0 Å². The number of aliphatic carboxylic acids is 1. The number of carbonyl (C=O) groups excluding carboxylic acids is 1. The molecule has 0 aromatic carbocycles.